The maximum absolute atomic E-state index is 12.5. The summed E-state index contributed by atoms with van der Waals surface area (Å²) in [5.41, 5.74) is 2.64. The predicted molar refractivity (Wildman–Crippen MR) is 103 cm³/mol. The van der Waals surface area contributed by atoms with Crippen molar-refractivity contribution in [3.05, 3.63) is 40.3 Å². The average molecular weight is 389 g/mol. The Hall–Kier alpha value is -2.61. The highest BCUT2D eigenvalue weighted by Gasteiger charge is 2.25. The van der Waals surface area contributed by atoms with E-state index in [1.165, 1.54) is 11.3 Å². The van der Waals surface area contributed by atoms with Crippen molar-refractivity contribution in [2.45, 2.75) is 12.8 Å². The van der Waals surface area contributed by atoms with Gasteiger partial charge in [0.1, 0.15) is 17.2 Å². The van der Waals surface area contributed by atoms with Crippen LogP contribution in [-0.4, -0.2) is 55.6 Å². The van der Waals surface area contributed by atoms with Crippen LogP contribution in [0.1, 0.15) is 33.7 Å². The first-order valence-corrected chi connectivity index (χ1v) is 9.73. The highest BCUT2D eigenvalue weighted by Crippen LogP contribution is 2.23. The minimum atomic E-state index is -0.185. The molecule has 0 aliphatic carbocycles. The maximum atomic E-state index is 12.5. The van der Waals surface area contributed by atoms with Crippen LogP contribution in [0, 0.1) is 5.92 Å². The van der Waals surface area contributed by atoms with Crippen LogP contribution < -0.4 is 14.8 Å². The second kappa shape index (κ2) is 8.85. The molecule has 0 radical (unpaired) electrons. The number of hydrogen-bond donors (Lipinski definition) is 1. The Morgan fingerprint density at radius 1 is 1.26 bits per heavy atom. The third kappa shape index (κ3) is 4.77. The number of nitrogens with one attached hydrogen (secondary N) is 1. The fourth-order valence-corrected chi connectivity index (χ4v) is 3.70. The second-order valence-corrected chi connectivity index (χ2v) is 7.16. The first-order valence-electron chi connectivity index (χ1n) is 8.79. The summed E-state index contributed by atoms with van der Waals surface area (Å²) in [6.45, 7) is 1.87. The molecule has 2 amide bonds. The molecule has 0 saturated carbocycles. The zero-order valence-corrected chi connectivity index (χ0v) is 16.3. The van der Waals surface area contributed by atoms with Crippen LogP contribution in [0.5, 0.6) is 11.5 Å². The summed E-state index contributed by atoms with van der Waals surface area (Å²) < 4.78 is 10.4. The fourth-order valence-electron chi connectivity index (χ4n) is 3.17. The third-order valence-electron chi connectivity index (χ3n) is 4.62. The van der Waals surface area contributed by atoms with E-state index in [9.17, 15) is 9.59 Å². The molecule has 3 rings (SSSR count). The van der Waals surface area contributed by atoms with Crippen molar-refractivity contribution < 1.29 is 19.1 Å². The van der Waals surface area contributed by atoms with Crippen LogP contribution in [0.25, 0.3) is 0 Å². The Balaban J connectivity index is 1.58. The summed E-state index contributed by atoms with van der Waals surface area (Å²) in [7, 11) is 3.10. The van der Waals surface area contributed by atoms with Crippen molar-refractivity contribution in [3.8, 4) is 11.5 Å². The quantitative estimate of drug-likeness (QED) is 0.821. The zero-order chi connectivity index (χ0) is 19.2. The van der Waals surface area contributed by atoms with E-state index in [1.807, 2.05) is 4.90 Å². The van der Waals surface area contributed by atoms with Crippen LogP contribution in [-0.2, 0) is 0 Å². The Morgan fingerprint density at radius 2 is 2.00 bits per heavy atom. The molecule has 2 aromatic rings. The molecule has 1 aromatic heterocycles. The minimum absolute atomic E-state index is 0.0372. The molecule has 1 aromatic carbocycles. The van der Waals surface area contributed by atoms with E-state index in [-0.39, 0.29) is 17.7 Å². The number of methoxy groups -OCH3 is 2. The lowest BCUT2D eigenvalue weighted by atomic mass is 9.97. The summed E-state index contributed by atoms with van der Waals surface area (Å²) >= 11 is 1.41. The lowest BCUT2D eigenvalue weighted by Gasteiger charge is -2.32. The molecule has 8 heteroatoms. The highest BCUT2D eigenvalue weighted by molar-refractivity contribution is 7.07. The molecule has 7 nitrogen and oxygen atoms in total. The number of ether oxygens (including phenoxy) is 2. The van der Waals surface area contributed by atoms with Crippen molar-refractivity contribution >= 4 is 23.2 Å². The van der Waals surface area contributed by atoms with Crippen molar-refractivity contribution in [3.63, 3.8) is 0 Å². The van der Waals surface area contributed by atoms with E-state index < -0.39 is 0 Å². The van der Waals surface area contributed by atoms with Crippen molar-refractivity contribution in [2.24, 2.45) is 5.92 Å². The maximum Gasteiger partial charge on any atom is 0.273 e. The van der Waals surface area contributed by atoms with E-state index in [0.717, 1.165) is 19.4 Å². The number of carbonyl (C=O) groups is 2. The molecule has 1 unspecified atom stereocenters. The van der Waals surface area contributed by atoms with Gasteiger partial charge in [-0.25, -0.2) is 4.98 Å². The normalized spacial score (nSPS) is 16.7. The molecule has 1 aliphatic rings. The molecule has 1 N–H and O–H groups in total. The lowest BCUT2D eigenvalue weighted by Crippen LogP contribution is -2.43. The number of nitrogens with zero attached hydrogens (tertiary/aromatic N) is 2. The number of rotatable bonds is 6. The third-order valence-corrected chi connectivity index (χ3v) is 5.21. The monoisotopic (exact) mass is 389 g/mol. The van der Waals surface area contributed by atoms with Crippen LogP contribution in [0.3, 0.4) is 0 Å². The average Bonchev–Trinajstić information content (AvgIpc) is 3.26. The first kappa shape index (κ1) is 19.2. The van der Waals surface area contributed by atoms with Crippen LogP contribution >= 0.6 is 11.3 Å². The van der Waals surface area contributed by atoms with Gasteiger partial charge < -0.3 is 19.7 Å². The molecular formula is C19H23N3O4S. The van der Waals surface area contributed by atoms with Crippen molar-refractivity contribution in [1.82, 2.24) is 15.2 Å². The summed E-state index contributed by atoms with van der Waals surface area (Å²) in [6, 6.07) is 5.08. The summed E-state index contributed by atoms with van der Waals surface area (Å²) in [4.78, 5) is 30.9. The summed E-state index contributed by atoms with van der Waals surface area (Å²) in [5, 5.41) is 4.73. The number of hydrogen-bond acceptors (Lipinski definition) is 6. The van der Waals surface area contributed by atoms with Gasteiger partial charge in [-0.3, -0.25) is 9.59 Å². The molecule has 1 aliphatic heterocycles. The van der Waals surface area contributed by atoms with Gasteiger partial charge in [-0.15, -0.1) is 11.3 Å². The van der Waals surface area contributed by atoms with E-state index in [1.54, 1.807) is 43.3 Å². The number of benzene rings is 1. The van der Waals surface area contributed by atoms with Gasteiger partial charge in [-0.2, -0.15) is 0 Å². The minimum Gasteiger partial charge on any atom is -0.497 e. The summed E-state index contributed by atoms with van der Waals surface area (Å²) in [5.74, 6) is 1.13. The van der Waals surface area contributed by atoms with Gasteiger partial charge in [-0.05, 0) is 30.9 Å². The molecule has 2 heterocycles. The van der Waals surface area contributed by atoms with Gasteiger partial charge >= 0.3 is 0 Å². The molecule has 27 heavy (non-hydrogen) atoms. The Bertz CT molecular complexity index is 772. The molecule has 0 spiro atoms. The van der Waals surface area contributed by atoms with Crippen LogP contribution in [0.2, 0.25) is 0 Å². The molecule has 1 saturated heterocycles. The summed E-state index contributed by atoms with van der Waals surface area (Å²) in [6.07, 6.45) is 1.89. The Morgan fingerprint density at radius 3 is 2.63 bits per heavy atom. The van der Waals surface area contributed by atoms with Gasteiger partial charge in [0.15, 0.2) is 0 Å². The lowest BCUT2D eigenvalue weighted by molar-refractivity contribution is 0.0666. The number of thiazole rings is 1. The standard InChI is InChI=1S/C19H23N3O4S/c1-25-15-6-14(7-16(8-15)26-2)18(23)20-9-13-4-3-5-22(10-13)19(24)17-11-27-12-21-17/h6-8,11-13H,3-5,9-10H2,1-2H3,(H,20,23). The van der Waals surface area contributed by atoms with E-state index in [2.05, 4.69) is 10.3 Å². The van der Waals surface area contributed by atoms with Gasteiger partial charge in [0.05, 0.1) is 19.7 Å². The van der Waals surface area contributed by atoms with Gasteiger partial charge in [0.25, 0.3) is 11.8 Å². The molecule has 144 valence electrons. The topological polar surface area (TPSA) is 80.8 Å². The number of likely N-dealkylation sites (tertiary alicyclic amines) is 1. The highest BCUT2D eigenvalue weighted by atomic mass is 32.1. The molecular weight excluding hydrogens is 366 g/mol. The molecule has 0 bridgehead atoms. The molecule has 1 fully saturated rings. The number of piperidine rings is 1. The zero-order valence-electron chi connectivity index (χ0n) is 15.4. The SMILES string of the molecule is COc1cc(OC)cc(C(=O)NCC2CCCN(C(=O)c3cscn3)C2)c1. The first-order chi connectivity index (χ1) is 13.1. The van der Waals surface area contributed by atoms with Crippen LogP contribution in [0.15, 0.2) is 29.1 Å². The van der Waals surface area contributed by atoms with E-state index >= 15 is 0 Å². The van der Waals surface area contributed by atoms with Crippen molar-refractivity contribution in [1.29, 1.82) is 0 Å². The Labute approximate surface area is 162 Å². The number of aromatic nitrogens is 1. The van der Waals surface area contributed by atoms with E-state index in [4.69, 9.17) is 9.47 Å². The smallest absolute Gasteiger partial charge is 0.273 e. The predicted octanol–water partition coefficient (Wildman–Crippen LogP) is 2.44. The van der Waals surface area contributed by atoms with Gasteiger partial charge in [-0.1, -0.05) is 0 Å². The molecule has 1 atom stereocenters. The van der Waals surface area contributed by atoms with E-state index in [0.29, 0.717) is 35.8 Å². The van der Waals surface area contributed by atoms with Crippen molar-refractivity contribution in [2.75, 3.05) is 33.9 Å². The van der Waals surface area contributed by atoms with Gasteiger partial charge in [0, 0.05) is 36.6 Å². The number of carbonyl (C=O) groups excluding carboxylic acids is 2. The van der Waals surface area contributed by atoms with Crippen LogP contribution in [0.4, 0.5) is 0 Å². The second-order valence-electron chi connectivity index (χ2n) is 6.44. The number of amides is 2. The fraction of sp³-hybridized carbons (Fsp3) is 0.421. The Kier molecular flexibility index (Phi) is 6.28. The van der Waals surface area contributed by atoms with Gasteiger partial charge in [0.2, 0.25) is 0 Å². The largest absolute Gasteiger partial charge is 0.497 e.